The van der Waals surface area contributed by atoms with Gasteiger partial charge in [0.1, 0.15) is 5.76 Å². The zero-order valence-electron chi connectivity index (χ0n) is 11.1. The van der Waals surface area contributed by atoms with Gasteiger partial charge in [-0.2, -0.15) is 0 Å². The molecular weight excluding hydrogens is 232 g/mol. The highest BCUT2D eigenvalue weighted by atomic mass is 16.4. The lowest BCUT2D eigenvalue weighted by atomic mass is 9.95. The summed E-state index contributed by atoms with van der Waals surface area (Å²) in [5, 5.41) is 8.98. The standard InChI is InChI=1S/C13H20N2O3/c1-8(12-9(2)18-10(3)14-12)15-6-4-11(5-7-15)13(16)17/h8,11H,4-7H2,1-3H3,(H,16,17). The predicted octanol–water partition coefficient (Wildman–Crippen LogP) is 2.15. The Morgan fingerprint density at radius 2 is 2.06 bits per heavy atom. The Morgan fingerprint density at radius 3 is 2.50 bits per heavy atom. The number of hydrogen-bond acceptors (Lipinski definition) is 4. The van der Waals surface area contributed by atoms with Crippen molar-refractivity contribution in [3.63, 3.8) is 0 Å². The van der Waals surface area contributed by atoms with Crippen molar-refractivity contribution in [1.29, 1.82) is 0 Å². The molecule has 18 heavy (non-hydrogen) atoms. The van der Waals surface area contributed by atoms with Gasteiger partial charge in [0.15, 0.2) is 5.89 Å². The fraction of sp³-hybridized carbons (Fsp3) is 0.692. The molecule has 0 radical (unpaired) electrons. The molecule has 1 aromatic heterocycles. The number of piperidine rings is 1. The lowest BCUT2D eigenvalue weighted by Crippen LogP contribution is -2.38. The molecule has 0 aromatic carbocycles. The third-order valence-electron chi connectivity index (χ3n) is 3.76. The van der Waals surface area contributed by atoms with Crippen LogP contribution in [0.15, 0.2) is 4.42 Å². The van der Waals surface area contributed by atoms with E-state index in [9.17, 15) is 4.79 Å². The van der Waals surface area contributed by atoms with Crippen molar-refractivity contribution in [1.82, 2.24) is 9.88 Å². The Labute approximate surface area is 107 Å². The quantitative estimate of drug-likeness (QED) is 0.892. The van der Waals surface area contributed by atoms with Crippen LogP contribution in [-0.4, -0.2) is 34.0 Å². The smallest absolute Gasteiger partial charge is 0.306 e. The highest BCUT2D eigenvalue weighted by Gasteiger charge is 2.29. The van der Waals surface area contributed by atoms with Crippen LogP contribution in [0.2, 0.25) is 0 Å². The molecule has 1 aliphatic heterocycles. The number of oxazole rings is 1. The van der Waals surface area contributed by atoms with E-state index < -0.39 is 5.97 Å². The van der Waals surface area contributed by atoms with Crippen LogP contribution < -0.4 is 0 Å². The molecular formula is C13H20N2O3. The second-order valence-electron chi connectivity index (χ2n) is 5.00. The van der Waals surface area contributed by atoms with Gasteiger partial charge in [0.05, 0.1) is 17.7 Å². The second kappa shape index (κ2) is 5.10. The van der Waals surface area contributed by atoms with Gasteiger partial charge >= 0.3 is 5.97 Å². The van der Waals surface area contributed by atoms with Crippen LogP contribution >= 0.6 is 0 Å². The van der Waals surface area contributed by atoms with E-state index in [0.29, 0.717) is 5.89 Å². The molecule has 1 saturated heterocycles. The molecule has 0 saturated carbocycles. The van der Waals surface area contributed by atoms with E-state index in [4.69, 9.17) is 9.52 Å². The molecule has 2 heterocycles. The fourth-order valence-electron chi connectivity index (χ4n) is 2.64. The number of hydrogen-bond donors (Lipinski definition) is 1. The van der Waals surface area contributed by atoms with Gasteiger partial charge < -0.3 is 9.52 Å². The van der Waals surface area contributed by atoms with E-state index in [1.165, 1.54) is 0 Å². The highest BCUT2D eigenvalue weighted by Crippen LogP contribution is 2.28. The molecule has 1 unspecified atom stereocenters. The highest BCUT2D eigenvalue weighted by molar-refractivity contribution is 5.70. The Balaban J connectivity index is 2.01. The molecule has 100 valence electrons. The van der Waals surface area contributed by atoms with Gasteiger partial charge in [-0.15, -0.1) is 0 Å². The van der Waals surface area contributed by atoms with Crippen molar-refractivity contribution in [3.8, 4) is 0 Å². The van der Waals surface area contributed by atoms with Gasteiger partial charge in [-0.25, -0.2) is 4.98 Å². The molecule has 1 aliphatic rings. The lowest BCUT2D eigenvalue weighted by molar-refractivity contribution is -0.143. The minimum absolute atomic E-state index is 0.186. The van der Waals surface area contributed by atoms with Crippen LogP contribution in [0.3, 0.4) is 0 Å². The molecule has 2 rings (SSSR count). The summed E-state index contributed by atoms with van der Waals surface area (Å²) in [6, 6.07) is 0.192. The Kier molecular flexibility index (Phi) is 3.71. The monoisotopic (exact) mass is 252 g/mol. The van der Waals surface area contributed by atoms with Crippen LogP contribution in [-0.2, 0) is 4.79 Å². The summed E-state index contributed by atoms with van der Waals surface area (Å²) in [5.41, 5.74) is 0.973. The van der Waals surface area contributed by atoms with Crippen LogP contribution in [0.5, 0.6) is 0 Å². The van der Waals surface area contributed by atoms with Crippen molar-refractivity contribution < 1.29 is 14.3 Å². The Bertz CT molecular complexity index is 433. The van der Waals surface area contributed by atoms with E-state index in [1.54, 1.807) is 0 Å². The van der Waals surface area contributed by atoms with Crippen LogP contribution in [0, 0.1) is 19.8 Å². The van der Waals surface area contributed by atoms with Crippen molar-refractivity contribution in [2.24, 2.45) is 5.92 Å². The van der Waals surface area contributed by atoms with Crippen LogP contribution in [0.4, 0.5) is 0 Å². The maximum atomic E-state index is 10.9. The van der Waals surface area contributed by atoms with Gasteiger partial charge in [0.25, 0.3) is 0 Å². The summed E-state index contributed by atoms with van der Waals surface area (Å²) in [5.74, 6) is 0.694. The number of aryl methyl sites for hydroxylation is 2. The summed E-state index contributed by atoms with van der Waals surface area (Å²) < 4.78 is 5.45. The van der Waals surface area contributed by atoms with Gasteiger partial charge in [0.2, 0.25) is 0 Å². The summed E-state index contributed by atoms with van der Waals surface area (Å²) in [6.07, 6.45) is 1.44. The molecule has 0 aliphatic carbocycles. The normalized spacial score (nSPS) is 19.9. The van der Waals surface area contributed by atoms with Gasteiger partial charge in [-0.3, -0.25) is 9.69 Å². The average Bonchev–Trinajstić information content (AvgIpc) is 2.67. The first-order chi connectivity index (χ1) is 8.49. The van der Waals surface area contributed by atoms with Gasteiger partial charge in [-0.05, 0) is 39.8 Å². The fourth-order valence-corrected chi connectivity index (χ4v) is 2.64. The first kappa shape index (κ1) is 13.1. The van der Waals surface area contributed by atoms with E-state index in [-0.39, 0.29) is 12.0 Å². The maximum absolute atomic E-state index is 10.9. The number of aliphatic carboxylic acids is 1. The zero-order valence-corrected chi connectivity index (χ0v) is 11.1. The summed E-state index contributed by atoms with van der Waals surface area (Å²) in [7, 11) is 0. The first-order valence-corrected chi connectivity index (χ1v) is 6.40. The molecule has 5 nitrogen and oxygen atoms in total. The molecule has 5 heteroatoms. The van der Waals surface area contributed by atoms with E-state index in [1.807, 2.05) is 13.8 Å². The van der Waals surface area contributed by atoms with Crippen LogP contribution in [0.1, 0.15) is 43.2 Å². The summed E-state index contributed by atoms with van der Waals surface area (Å²) in [6.45, 7) is 7.49. The summed E-state index contributed by atoms with van der Waals surface area (Å²) in [4.78, 5) is 17.6. The maximum Gasteiger partial charge on any atom is 0.306 e. The van der Waals surface area contributed by atoms with Crippen LogP contribution in [0.25, 0.3) is 0 Å². The summed E-state index contributed by atoms with van der Waals surface area (Å²) >= 11 is 0. The first-order valence-electron chi connectivity index (χ1n) is 6.40. The Hall–Kier alpha value is -1.36. The van der Waals surface area contributed by atoms with Gasteiger partial charge in [0, 0.05) is 6.92 Å². The number of rotatable bonds is 3. The topological polar surface area (TPSA) is 66.6 Å². The average molecular weight is 252 g/mol. The minimum atomic E-state index is -0.671. The zero-order chi connectivity index (χ0) is 13.3. The van der Waals surface area contributed by atoms with E-state index in [2.05, 4.69) is 16.8 Å². The molecule has 0 spiro atoms. The second-order valence-corrected chi connectivity index (χ2v) is 5.00. The number of likely N-dealkylation sites (tertiary alicyclic amines) is 1. The third kappa shape index (κ3) is 2.56. The van der Waals surface area contributed by atoms with Crippen molar-refractivity contribution in [2.45, 2.75) is 39.7 Å². The molecule has 1 atom stereocenters. The largest absolute Gasteiger partial charge is 0.481 e. The SMILES string of the molecule is Cc1nc(C(C)N2CCC(C(=O)O)CC2)c(C)o1. The van der Waals surface area contributed by atoms with Crippen molar-refractivity contribution >= 4 is 5.97 Å². The molecule has 0 bridgehead atoms. The number of aromatic nitrogens is 1. The lowest BCUT2D eigenvalue weighted by Gasteiger charge is -2.34. The minimum Gasteiger partial charge on any atom is -0.481 e. The van der Waals surface area contributed by atoms with Crippen molar-refractivity contribution in [2.75, 3.05) is 13.1 Å². The third-order valence-corrected chi connectivity index (χ3v) is 3.76. The van der Waals surface area contributed by atoms with E-state index >= 15 is 0 Å². The number of nitrogens with zero attached hydrogens (tertiary/aromatic N) is 2. The van der Waals surface area contributed by atoms with Crippen molar-refractivity contribution in [3.05, 3.63) is 17.3 Å². The number of carbonyl (C=O) groups is 1. The molecule has 1 fully saturated rings. The molecule has 1 aromatic rings. The molecule has 1 N–H and O–H groups in total. The van der Waals surface area contributed by atoms with Gasteiger partial charge in [-0.1, -0.05) is 0 Å². The predicted molar refractivity (Wildman–Crippen MR) is 66.3 cm³/mol. The number of carboxylic acids is 1. The van der Waals surface area contributed by atoms with E-state index in [0.717, 1.165) is 37.4 Å². The Morgan fingerprint density at radius 1 is 1.44 bits per heavy atom. The molecule has 0 amide bonds. The number of carboxylic acid groups (broad SMARTS) is 1.